The summed E-state index contributed by atoms with van der Waals surface area (Å²) < 4.78 is 7.39. The van der Waals surface area contributed by atoms with Crippen molar-refractivity contribution in [3.05, 3.63) is 23.9 Å². The molecule has 0 bridgehead atoms. The Labute approximate surface area is 120 Å². The number of anilines is 1. The van der Waals surface area contributed by atoms with Gasteiger partial charge in [-0.15, -0.1) is 0 Å². The first kappa shape index (κ1) is 14.6. The minimum absolute atomic E-state index is 0.353. The molecular weight excluding hydrogens is 268 g/mol. The predicted octanol–water partition coefficient (Wildman–Crippen LogP) is 2.80. The fourth-order valence-corrected chi connectivity index (χ4v) is 2.66. The van der Waals surface area contributed by atoms with Gasteiger partial charge in [-0.3, -0.25) is 0 Å². The van der Waals surface area contributed by atoms with E-state index in [1.165, 1.54) is 0 Å². The number of hydrogen-bond acceptors (Lipinski definition) is 4. The number of fused-ring (bicyclic) bond motifs is 1. The zero-order valence-electron chi connectivity index (χ0n) is 12.2. The molecule has 20 heavy (non-hydrogen) atoms. The van der Waals surface area contributed by atoms with Gasteiger partial charge in [0.2, 0.25) is 0 Å². The van der Waals surface area contributed by atoms with Crippen LogP contribution in [0.3, 0.4) is 0 Å². The molecule has 1 heterocycles. The van der Waals surface area contributed by atoms with E-state index in [1.807, 2.05) is 12.1 Å². The van der Waals surface area contributed by atoms with Gasteiger partial charge in [-0.2, -0.15) is 10.4 Å². The summed E-state index contributed by atoms with van der Waals surface area (Å²) in [6, 6.07) is 8.65. The predicted molar refractivity (Wildman–Crippen MR) is 83.0 cm³/mol. The zero-order chi connectivity index (χ0) is 14.8. The maximum absolute atomic E-state index is 9.10. The summed E-state index contributed by atoms with van der Waals surface area (Å²) in [5.41, 5.74) is 7.71. The third kappa shape index (κ3) is 3.38. The van der Waals surface area contributed by atoms with Crippen LogP contribution in [0.4, 0.5) is 5.69 Å². The van der Waals surface area contributed by atoms with Gasteiger partial charge in [0.25, 0.3) is 0 Å². The molecule has 0 unspecified atom stereocenters. The molecule has 0 fully saturated rings. The van der Waals surface area contributed by atoms with Crippen LogP contribution in [0.25, 0.3) is 10.9 Å². The van der Waals surface area contributed by atoms with Crippen LogP contribution in [-0.2, 0) is 11.5 Å². The third-order valence-electron chi connectivity index (χ3n) is 3.09. The number of benzene rings is 1. The van der Waals surface area contributed by atoms with Crippen LogP contribution in [0.5, 0.6) is 0 Å². The quantitative estimate of drug-likeness (QED) is 0.521. The molecular formula is C14H20N4OSi. The molecule has 0 amide bonds. The lowest BCUT2D eigenvalue weighted by atomic mass is 10.2. The molecule has 2 N–H and O–H groups in total. The first-order valence-corrected chi connectivity index (χ1v) is 10.4. The summed E-state index contributed by atoms with van der Waals surface area (Å²) in [6.45, 7) is 8.02. The van der Waals surface area contributed by atoms with Crippen molar-refractivity contribution in [3.8, 4) is 6.07 Å². The Morgan fingerprint density at radius 2 is 2.15 bits per heavy atom. The number of nitrogens with zero attached hydrogens (tertiary/aromatic N) is 3. The molecule has 2 aromatic rings. The van der Waals surface area contributed by atoms with Crippen LogP contribution in [0, 0.1) is 11.3 Å². The molecule has 6 heteroatoms. The highest BCUT2D eigenvalue weighted by Gasteiger charge is 2.13. The van der Waals surface area contributed by atoms with Crippen molar-refractivity contribution >= 4 is 24.7 Å². The first-order chi connectivity index (χ1) is 9.40. The van der Waals surface area contributed by atoms with Crippen molar-refractivity contribution in [3.63, 3.8) is 0 Å². The second kappa shape index (κ2) is 5.65. The van der Waals surface area contributed by atoms with Gasteiger partial charge in [0, 0.05) is 25.8 Å². The molecule has 1 aromatic heterocycles. The van der Waals surface area contributed by atoms with Crippen LogP contribution in [0.2, 0.25) is 25.7 Å². The molecule has 5 nitrogen and oxygen atoms in total. The van der Waals surface area contributed by atoms with Gasteiger partial charge >= 0.3 is 0 Å². The topological polar surface area (TPSA) is 76.9 Å². The molecule has 0 aliphatic carbocycles. The van der Waals surface area contributed by atoms with Gasteiger partial charge in [-0.25, -0.2) is 4.68 Å². The van der Waals surface area contributed by atoms with E-state index >= 15 is 0 Å². The van der Waals surface area contributed by atoms with Crippen molar-refractivity contribution in [2.45, 2.75) is 32.4 Å². The van der Waals surface area contributed by atoms with E-state index in [0.29, 0.717) is 18.1 Å². The van der Waals surface area contributed by atoms with Crippen LogP contribution in [0.15, 0.2) is 18.2 Å². The summed E-state index contributed by atoms with van der Waals surface area (Å²) >= 11 is 0. The highest BCUT2D eigenvalue weighted by atomic mass is 28.3. The van der Waals surface area contributed by atoms with E-state index in [-0.39, 0.29) is 0 Å². The van der Waals surface area contributed by atoms with Crippen molar-refractivity contribution in [1.82, 2.24) is 9.78 Å². The molecule has 0 atom stereocenters. The van der Waals surface area contributed by atoms with Gasteiger partial charge in [0.1, 0.15) is 12.8 Å². The minimum Gasteiger partial charge on any atom is -0.399 e. The number of nitrogens with two attached hydrogens (primary N) is 1. The summed E-state index contributed by atoms with van der Waals surface area (Å²) in [4.78, 5) is 0. The third-order valence-corrected chi connectivity index (χ3v) is 4.80. The standard InChI is InChI=1S/C14H20N4OSi/c1-20(2,3)7-6-19-10-18-14-8-11(16)4-5-12(14)13(9-15)17-18/h4-5,8H,6-7,10,16H2,1-3H3. The van der Waals surface area contributed by atoms with Crippen LogP contribution in [-0.4, -0.2) is 24.5 Å². The number of nitriles is 1. The highest BCUT2D eigenvalue weighted by molar-refractivity contribution is 6.76. The summed E-state index contributed by atoms with van der Waals surface area (Å²) in [6.07, 6.45) is 0. The van der Waals surface area contributed by atoms with E-state index in [0.717, 1.165) is 23.6 Å². The second-order valence-corrected chi connectivity index (χ2v) is 11.7. The average molecular weight is 288 g/mol. The second-order valence-electron chi connectivity index (χ2n) is 6.08. The number of hydrogen-bond donors (Lipinski definition) is 1. The Morgan fingerprint density at radius 1 is 1.40 bits per heavy atom. The molecule has 106 valence electrons. The van der Waals surface area contributed by atoms with Gasteiger partial charge in [-0.05, 0) is 24.2 Å². The first-order valence-electron chi connectivity index (χ1n) is 6.64. The van der Waals surface area contributed by atoms with E-state index in [2.05, 4.69) is 30.8 Å². The normalized spacial score (nSPS) is 11.7. The minimum atomic E-state index is -1.09. The largest absolute Gasteiger partial charge is 0.399 e. The number of rotatable bonds is 5. The summed E-state index contributed by atoms with van der Waals surface area (Å²) in [7, 11) is -1.09. The molecule has 2 rings (SSSR count). The Morgan fingerprint density at radius 3 is 2.80 bits per heavy atom. The average Bonchev–Trinajstić information content (AvgIpc) is 2.71. The molecule has 0 aliphatic heterocycles. The lowest BCUT2D eigenvalue weighted by Crippen LogP contribution is -2.22. The fraction of sp³-hybridized carbons (Fsp3) is 0.429. The van der Waals surface area contributed by atoms with Crippen LogP contribution >= 0.6 is 0 Å². The number of nitrogen functional groups attached to an aromatic ring is 1. The van der Waals surface area contributed by atoms with Crippen molar-refractivity contribution in [2.75, 3.05) is 12.3 Å². The molecule has 0 saturated carbocycles. The zero-order valence-corrected chi connectivity index (χ0v) is 13.2. The molecule has 0 spiro atoms. The molecule has 0 radical (unpaired) electrons. The SMILES string of the molecule is C[Si](C)(C)CCOCn1nc(C#N)c2ccc(N)cc21. The Hall–Kier alpha value is -1.84. The van der Waals surface area contributed by atoms with Crippen LogP contribution < -0.4 is 5.73 Å². The Bertz CT molecular complexity index is 651. The van der Waals surface area contributed by atoms with Gasteiger partial charge in [0.15, 0.2) is 5.69 Å². The molecule has 0 aliphatic rings. The van der Waals surface area contributed by atoms with Crippen LogP contribution in [0.1, 0.15) is 5.69 Å². The van der Waals surface area contributed by atoms with Gasteiger partial charge in [0.05, 0.1) is 5.52 Å². The van der Waals surface area contributed by atoms with Crippen molar-refractivity contribution in [2.24, 2.45) is 0 Å². The van der Waals surface area contributed by atoms with E-state index in [1.54, 1.807) is 10.7 Å². The Balaban J connectivity index is 2.14. The lowest BCUT2D eigenvalue weighted by molar-refractivity contribution is 0.0816. The monoisotopic (exact) mass is 288 g/mol. The van der Waals surface area contributed by atoms with Gasteiger partial charge < -0.3 is 10.5 Å². The number of aromatic nitrogens is 2. The molecule has 1 aromatic carbocycles. The van der Waals surface area contributed by atoms with E-state index in [4.69, 9.17) is 15.7 Å². The smallest absolute Gasteiger partial charge is 0.170 e. The summed E-state index contributed by atoms with van der Waals surface area (Å²) in [5.74, 6) is 0. The maximum atomic E-state index is 9.10. The number of ether oxygens (including phenoxy) is 1. The fourth-order valence-electron chi connectivity index (χ4n) is 1.90. The van der Waals surface area contributed by atoms with Crippen molar-refractivity contribution in [1.29, 1.82) is 5.26 Å². The van der Waals surface area contributed by atoms with E-state index < -0.39 is 8.07 Å². The lowest BCUT2D eigenvalue weighted by Gasteiger charge is -2.15. The highest BCUT2D eigenvalue weighted by Crippen LogP contribution is 2.21. The van der Waals surface area contributed by atoms with Gasteiger partial charge in [-0.1, -0.05) is 19.6 Å². The maximum Gasteiger partial charge on any atom is 0.170 e. The van der Waals surface area contributed by atoms with E-state index in [9.17, 15) is 0 Å². The van der Waals surface area contributed by atoms with Crippen molar-refractivity contribution < 1.29 is 4.74 Å². The molecule has 0 saturated heterocycles. The Kier molecular flexibility index (Phi) is 4.11. The summed E-state index contributed by atoms with van der Waals surface area (Å²) in [5, 5.41) is 14.2.